The molecule has 4 rings (SSSR count). The second-order valence-electron chi connectivity index (χ2n) is 6.73. The number of carbonyl (C=O) groups excluding carboxylic acids is 1. The third-order valence-corrected chi connectivity index (χ3v) is 5.50. The van der Waals surface area contributed by atoms with Gasteiger partial charge < -0.3 is 15.2 Å². The molecule has 0 heterocycles. The standard InChI is InChI=1S/C18H23NO4/c1-10-9-13(23-2)7-8-14(10)19-17(20)15-11-3-5-12(6-4-11)16(15)18(21)22/h7-9,11-12,15-16H,3-6H2,1-2H3,(H,19,20)(H,21,22)/t11?,12?,15-,16-/m1/s1. The van der Waals surface area contributed by atoms with Crippen LogP contribution in [0.2, 0.25) is 0 Å². The molecule has 23 heavy (non-hydrogen) atoms. The van der Waals surface area contributed by atoms with Crippen molar-refractivity contribution < 1.29 is 19.4 Å². The molecule has 0 saturated heterocycles. The fourth-order valence-corrected chi connectivity index (χ4v) is 4.30. The van der Waals surface area contributed by atoms with Crippen LogP contribution in [0.1, 0.15) is 31.2 Å². The lowest BCUT2D eigenvalue weighted by Gasteiger charge is -2.45. The first-order valence-electron chi connectivity index (χ1n) is 8.19. The highest BCUT2D eigenvalue weighted by molar-refractivity contribution is 5.96. The van der Waals surface area contributed by atoms with Crippen molar-refractivity contribution in [3.8, 4) is 5.75 Å². The molecule has 124 valence electrons. The van der Waals surface area contributed by atoms with E-state index < -0.39 is 17.8 Å². The van der Waals surface area contributed by atoms with E-state index in [1.165, 1.54) is 0 Å². The van der Waals surface area contributed by atoms with Crippen molar-refractivity contribution >= 4 is 17.6 Å². The Kier molecular flexibility index (Phi) is 4.28. The van der Waals surface area contributed by atoms with Gasteiger partial charge in [0.1, 0.15) is 5.75 Å². The number of fused-ring (bicyclic) bond motifs is 3. The first kappa shape index (κ1) is 15.8. The number of carboxylic acid groups (broad SMARTS) is 1. The molecule has 0 radical (unpaired) electrons. The number of carboxylic acids is 1. The Morgan fingerprint density at radius 1 is 1.13 bits per heavy atom. The summed E-state index contributed by atoms with van der Waals surface area (Å²) in [6.45, 7) is 1.90. The molecular formula is C18H23NO4. The van der Waals surface area contributed by atoms with Crippen molar-refractivity contribution in [2.75, 3.05) is 12.4 Å². The zero-order valence-corrected chi connectivity index (χ0v) is 13.5. The molecule has 0 unspecified atom stereocenters. The van der Waals surface area contributed by atoms with Crippen molar-refractivity contribution in [3.63, 3.8) is 0 Å². The summed E-state index contributed by atoms with van der Waals surface area (Å²) in [4.78, 5) is 24.4. The number of methoxy groups -OCH3 is 1. The molecule has 5 heteroatoms. The number of benzene rings is 1. The minimum Gasteiger partial charge on any atom is -0.497 e. The van der Waals surface area contributed by atoms with E-state index in [9.17, 15) is 14.7 Å². The van der Waals surface area contributed by atoms with E-state index in [0.717, 1.165) is 42.7 Å². The van der Waals surface area contributed by atoms with Gasteiger partial charge in [-0.3, -0.25) is 9.59 Å². The zero-order chi connectivity index (χ0) is 16.6. The minimum absolute atomic E-state index is 0.144. The number of amides is 1. The number of aryl methyl sites for hydroxylation is 1. The third-order valence-electron chi connectivity index (χ3n) is 5.50. The molecule has 1 aromatic rings. The normalized spacial score (nSPS) is 29.1. The van der Waals surface area contributed by atoms with E-state index in [1.54, 1.807) is 13.2 Å². The Morgan fingerprint density at radius 3 is 2.26 bits per heavy atom. The summed E-state index contributed by atoms with van der Waals surface area (Å²) in [5, 5.41) is 12.5. The van der Waals surface area contributed by atoms with E-state index in [4.69, 9.17) is 4.74 Å². The predicted molar refractivity (Wildman–Crippen MR) is 86.4 cm³/mol. The van der Waals surface area contributed by atoms with Gasteiger partial charge in [0.2, 0.25) is 5.91 Å². The molecule has 5 nitrogen and oxygen atoms in total. The van der Waals surface area contributed by atoms with Gasteiger partial charge in [0, 0.05) is 5.69 Å². The van der Waals surface area contributed by atoms with Gasteiger partial charge in [-0.1, -0.05) is 0 Å². The lowest BCUT2D eigenvalue weighted by Crippen LogP contribution is -2.49. The Morgan fingerprint density at radius 2 is 1.74 bits per heavy atom. The molecule has 2 N–H and O–H groups in total. The number of anilines is 1. The van der Waals surface area contributed by atoms with Crippen molar-refractivity contribution in [3.05, 3.63) is 23.8 Å². The van der Waals surface area contributed by atoms with Crippen LogP contribution in [-0.2, 0) is 9.59 Å². The largest absolute Gasteiger partial charge is 0.497 e. The van der Waals surface area contributed by atoms with Crippen molar-refractivity contribution in [1.29, 1.82) is 0 Å². The zero-order valence-electron chi connectivity index (χ0n) is 13.5. The lowest BCUT2D eigenvalue weighted by molar-refractivity contribution is -0.156. The molecule has 2 bridgehead atoms. The van der Waals surface area contributed by atoms with E-state index in [1.807, 2.05) is 19.1 Å². The Hall–Kier alpha value is -2.04. The summed E-state index contributed by atoms with van der Waals surface area (Å²) >= 11 is 0. The Labute approximate surface area is 136 Å². The highest BCUT2D eigenvalue weighted by Crippen LogP contribution is 2.49. The molecule has 2 atom stereocenters. The van der Waals surface area contributed by atoms with Gasteiger partial charge in [-0.05, 0) is 68.2 Å². The smallest absolute Gasteiger partial charge is 0.307 e. The third kappa shape index (κ3) is 2.92. The fraction of sp³-hybridized carbons (Fsp3) is 0.556. The molecule has 0 spiro atoms. The van der Waals surface area contributed by atoms with E-state index in [-0.39, 0.29) is 17.7 Å². The van der Waals surface area contributed by atoms with E-state index in [2.05, 4.69) is 5.32 Å². The summed E-state index contributed by atoms with van der Waals surface area (Å²) in [6, 6.07) is 5.46. The van der Waals surface area contributed by atoms with Crippen LogP contribution in [0.25, 0.3) is 0 Å². The van der Waals surface area contributed by atoms with Gasteiger partial charge in [0.05, 0.1) is 18.9 Å². The second-order valence-corrected chi connectivity index (χ2v) is 6.73. The molecule has 1 amide bonds. The van der Waals surface area contributed by atoms with E-state index in [0.29, 0.717) is 0 Å². The molecule has 0 aliphatic heterocycles. The molecule has 3 saturated carbocycles. The number of hydrogen-bond donors (Lipinski definition) is 2. The number of aliphatic carboxylic acids is 1. The highest BCUT2D eigenvalue weighted by atomic mass is 16.5. The minimum atomic E-state index is -0.828. The van der Waals surface area contributed by atoms with Gasteiger partial charge in [-0.2, -0.15) is 0 Å². The second kappa shape index (κ2) is 6.22. The highest BCUT2D eigenvalue weighted by Gasteiger charge is 2.50. The van der Waals surface area contributed by atoms with Crippen LogP contribution in [0.5, 0.6) is 5.75 Å². The molecule has 1 aromatic carbocycles. The molecule has 3 fully saturated rings. The van der Waals surface area contributed by atoms with Crippen LogP contribution < -0.4 is 10.1 Å². The van der Waals surface area contributed by atoms with Gasteiger partial charge >= 0.3 is 5.97 Å². The van der Waals surface area contributed by atoms with Crippen LogP contribution in [0.15, 0.2) is 18.2 Å². The molecule has 3 aliphatic rings. The average Bonchev–Trinajstić information content (AvgIpc) is 2.56. The van der Waals surface area contributed by atoms with Gasteiger partial charge in [-0.15, -0.1) is 0 Å². The summed E-state index contributed by atoms with van der Waals surface area (Å²) in [6.07, 6.45) is 3.81. The molecule has 0 aromatic heterocycles. The van der Waals surface area contributed by atoms with Crippen LogP contribution in [0, 0.1) is 30.6 Å². The predicted octanol–water partition coefficient (Wildman–Crippen LogP) is 3.08. The quantitative estimate of drug-likeness (QED) is 0.895. The number of ether oxygens (including phenoxy) is 1. The maximum atomic E-state index is 12.8. The van der Waals surface area contributed by atoms with E-state index >= 15 is 0 Å². The van der Waals surface area contributed by atoms with Crippen molar-refractivity contribution in [2.45, 2.75) is 32.6 Å². The maximum absolute atomic E-state index is 12.8. The van der Waals surface area contributed by atoms with Crippen molar-refractivity contribution in [1.82, 2.24) is 0 Å². The summed E-state index contributed by atoms with van der Waals surface area (Å²) in [5.74, 6) is -0.862. The topological polar surface area (TPSA) is 75.6 Å². The average molecular weight is 317 g/mol. The fourth-order valence-electron chi connectivity index (χ4n) is 4.30. The van der Waals surface area contributed by atoms with Gasteiger partial charge in [0.15, 0.2) is 0 Å². The summed E-state index contributed by atoms with van der Waals surface area (Å²) < 4.78 is 5.17. The SMILES string of the molecule is COc1ccc(NC(=O)[C@@H]2C3CCC(CC3)[C@H]2C(=O)O)c(C)c1. The summed E-state index contributed by atoms with van der Waals surface area (Å²) in [7, 11) is 1.60. The first-order chi connectivity index (χ1) is 11.0. The number of rotatable bonds is 4. The van der Waals surface area contributed by atoms with Gasteiger partial charge in [-0.25, -0.2) is 0 Å². The maximum Gasteiger partial charge on any atom is 0.307 e. The van der Waals surface area contributed by atoms with Crippen LogP contribution in [0.3, 0.4) is 0 Å². The lowest BCUT2D eigenvalue weighted by atomic mass is 9.58. The number of hydrogen-bond acceptors (Lipinski definition) is 3. The van der Waals surface area contributed by atoms with Crippen LogP contribution >= 0.6 is 0 Å². The summed E-state index contributed by atoms with van der Waals surface area (Å²) in [5.41, 5.74) is 1.63. The molecular weight excluding hydrogens is 294 g/mol. The molecule has 3 aliphatic carbocycles. The number of carbonyl (C=O) groups is 2. The van der Waals surface area contributed by atoms with Gasteiger partial charge in [0.25, 0.3) is 0 Å². The number of nitrogens with one attached hydrogen (secondary N) is 1. The van der Waals surface area contributed by atoms with Crippen molar-refractivity contribution in [2.24, 2.45) is 23.7 Å². The van der Waals surface area contributed by atoms with Crippen LogP contribution in [0.4, 0.5) is 5.69 Å². The monoisotopic (exact) mass is 317 g/mol. The first-order valence-corrected chi connectivity index (χ1v) is 8.19. The Bertz CT molecular complexity index is 619. The Balaban J connectivity index is 1.80. The van der Waals surface area contributed by atoms with Crippen LogP contribution in [-0.4, -0.2) is 24.1 Å².